The number of piperidine rings is 1. The Bertz CT molecular complexity index is 424. The average Bonchev–Trinajstić information content (AvgIpc) is 2.50. The number of hydrogen-bond donors (Lipinski definition) is 0. The van der Waals surface area contributed by atoms with Crippen molar-refractivity contribution >= 4 is 5.97 Å². The lowest BCUT2D eigenvalue weighted by atomic mass is 9.90. The number of benzene rings is 1. The number of hydrogen-bond acceptors (Lipinski definition) is 3. The molecule has 1 atom stereocenters. The molecule has 0 amide bonds. The van der Waals surface area contributed by atoms with E-state index in [4.69, 9.17) is 4.74 Å². The minimum absolute atomic E-state index is 0.0179. The van der Waals surface area contributed by atoms with Crippen LogP contribution in [0.2, 0.25) is 0 Å². The van der Waals surface area contributed by atoms with Crippen molar-refractivity contribution < 1.29 is 9.53 Å². The molecule has 0 saturated carbocycles. The summed E-state index contributed by atoms with van der Waals surface area (Å²) in [7, 11) is 0. The molecule has 3 heteroatoms. The summed E-state index contributed by atoms with van der Waals surface area (Å²) in [6.07, 6.45) is 3.64. The summed E-state index contributed by atoms with van der Waals surface area (Å²) in [5, 5.41) is 0. The third-order valence-corrected chi connectivity index (χ3v) is 4.30. The standard InChI is InChI=1S/C18H27NO2/c1-3-21-18(20)15(2)14-19-11-9-17(10-12-19)13-16-7-5-4-6-8-16/h4-8,15,17H,3,9-14H2,1-2H3. The molecule has 1 fully saturated rings. The second kappa shape index (κ2) is 8.18. The van der Waals surface area contributed by atoms with Crippen LogP contribution in [-0.4, -0.2) is 37.1 Å². The summed E-state index contributed by atoms with van der Waals surface area (Å²) in [6.45, 7) is 7.33. The van der Waals surface area contributed by atoms with Gasteiger partial charge >= 0.3 is 5.97 Å². The second-order valence-corrected chi connectivity index (χ2v) is 6.09. The van der Waals surface area contributed by atoms with Crippen molar-refractivity contribution in [1.29, 1.82) is 0 Å². The zero-order chi connectivity index (χ0) is 15.1. The lowest BCUT2D eigenvalue weighted by Crippen LogP contribution is -2.39. The zero-order valence-electron chi connectivity index (χ0n) is 13.3. The molecule has 0 radical (unpaired) electrons. The second-order valence-electron chi connectivity index (χ2n) is 6.09. The van der Waals surface area contributed by atoms with Gasteiger partial charge in [-0.25, -0.2) is 0 Å². The van der Waals surface area contributed by atoms with Gasteiger partial charge in [0.25, 0.3) is 0 Å². The third kappa shape index (κ3) is 5.16. The maximum atomic E-state index is 11.7. The molecule has 116 valence electrons. The smallest absolute Gasteiger partial charge is 0.309 e. The zero-order valence-corrected chi connectivity index (χ0v) is 13.3. The van der Waals surface area contributed by atoms with Crippen LogP contribution < -0.4 is 0 Å². The number of rotatable bonds is 6. The van der Waals surface area contributed by atoms with Crippen molar-refractivity contribution in [2.24, 2.45) is 11.8 Å². The van der Waals surface area contributed by atoms with Gasteiger partial charge in [0.05, 0.1) is 12.5 Å². The molecule has 0 spiro atoms. The Hall–Kier alpha value is -1.35. The normalized spacial score (nSPS) is 18.4. The molecule has 3 nitrogen and oxygen atoms in total. The number of carbonyl (C=O) groups is 1. The van der Waals surface area contributed by atoms with Gasteiger partial charge in [-0.15, -0.1) is 0 Å². The molecule has 1 saturated heterocycles. The highest BCUT2D eigenvalue weighted by Gasteiger charge is 2.23. The van der Waals surface area contributed by atoms with Gasteiger partial charge in [0.1, 0.15) is 0 Å². The first-order valence-corrected chi connectivity index (χ1v) is 8.12. The maximum Gasteiger partial charge on any atom is 0.309 e. The highest BCUT2D eigenvalue weighted by molar-refractivity contribution is 5.72. The van der Waals surface area contributed by atoms with E-state index in [9.17, 15) is 4.79 Å². The Morgan fingerprint density at radius 2 is 1.95 bits per heavy atom. The van der Waals surface area contributed by atoms with E-state index in [0.717, 1.165) is 25.6 Å². The molecule has 1 heterocycles. The Morgan fingerprint density at radius 3 is 2.57 bits per heavy atom. The van der Waals surface area contributed by atoms with Crippen molar-refractivity contribution in [3.8, 4) is 0 Å². The van der Waals surface area contributed by atoms with E-state index < -0.39 is 0 Å². The van der Waals surface area contributed by atoms with Crippen molar-refractivity contribution in [3.05, 3.63) is 35.9 Å². The molecular weight excluding hydrogens is 262 g/mol. The molecule has 0 aromatic heterocycles. The lowest BCUT2D eigenvalue weighted by molar-refractivity contribution is -0.148. The Morgan fingerprint density at radius 1 is 1.29 bits per heavy atom. The number of likely N-dealkylation sites (tertiary alicyclic amines) is 1. The minimum Gasteiger partial charge on any atom is -0.466 e. The molecular formula is C18H27NO2. The molecule has 1 aromatic carbocycles. The van der Waals surface area contributed by atoms with Gasteiger partial charge in [-0.05, 0) is 50.8 Å². The van der Waals surface area contributed by atoms with E-state index in [1.165, 1.54) is 24.8 Å². The molecule has 21 heavy (non-hydrogen) atoms. The van der Waals surface area contributed by atoms with Gasteiger partial charge in [0.2, 0.25) is 0 Å². The Labute approximate surface area is 128 Å². The number of ether oxygens (including phenoxy) is 1. The third-order valence-electron chi connectivity index (χ3n) is 4.30. The SMILES string of the molecule is CCOC(=O)C(C)CN1CCC(Cc2ccccc2)CC1. The van der Waals surface area contributed by atoms with Gasteiger partial charge in [0, 0.05) is 6.54 Å². The van der Waals surface area contributed by atoms with E-state index in [-0.39, 0.29) is 11.9 Å². The first-order valence-electron chi connectivity index (χ1n) is 8.12. The predicted octanol–water partition coefficient (Wildman–Crippen LogP) is 3.14. The van der Waals surface area contributed by atoms with Gasteiger partial charge < -0.3 is 9.64 Å². The van der Waals surface area contributed by atoms with E-state index in [1.54, 1.807) is 0 Å². The average molecular weight is 289 g/mol. The van der Waals surface area contributed by atoms with Gasteiger partial charge in [-0.3, -0.25) is 4.79 Å². The van der Waals surface area contributed by atoms with Crippen LogP contribution >= 0.6 is 0 Å². The fraction of sp³-hybridized carbons (Fsp3) is 0.611. The van der Waals surface area contributed by atoms with Crippen LogP contribution in [0.5, 0.6) is 0 Å². The molecule has 1 aromatic rings. The first-order chi connectivity index (χ1) is 10.2. The molecule has 0 N–H and O–H groups in total. The molecule has 1 unspecified atom stereocenters. The lowest BCUT2D eigenvalue weighted by Gasteiger charge is -2.33. The fourth-order valence-corrected chi connectivity index (χ4v) is 3.07. The molecule has 0 bridgehead atoms. The summed E-state index contributed by atoms with van der Waals surface area (Å²) in [4.78, 5) is 14.1. The van der Waals surface area contributed by atoms with E-state index >= 15 is 0 Å². The van der Waals surface area contributed by atoms with E-state index in [2.05, 4.69) is 35.2 Å². The van der Waals surface area contributed by atoms with E-state index in [0.29, 0.717) is 6.61 Å². The van der Waals surface area contributed by atoms with Crippen molar-refractivity contribution in [3.63, 3.8) is 0 Å². The summed E-state index contributed by atoms with van der Waals surface area (Å²) in [5.74, 6) is 0.695. The van der Waals surface area contributed by atoms with Crippen LogP contribution in [0.3, 0.4) is 0 Å². The van der Waals surface area contributed by atoms with Crippen molar-refractivity contribution in [2.75, 3.05) is 26.2 Å². The monoisotopic (exact) mass is 289 g/mol. The highest BCUT2D eigenvalue weighted by Crippen LogP contribution is 2.22. The van der Waals surface area contributed by atoms with Crippen LogP contribution in [0.4, 0.5) is 0 Å². The molecule has 1 aliphatic heterocycles. The molecule has 1 aliphatic rings. The van der Waals surface area contributed by atoms with Crippen LogP contribution in [0.1, 0.15) is 32.3 Å². The van der Waals surface area contributed by atoms with Crippen LogP contribution in [0.15, 0.2) is 30.3 Å². The molecule has 0 aliphatic carbocycles. The predicted molar refractivity (Wildman–Crippen MR) is 85.1 cm³/mol. The number of esters is 1. The molecule has 2 rings (SSSR count). The minimum atomic E-state index is -0.0658. The van der Waals surface area contributed by atoms with Crippen LogP contribution in [0, 0.1) is 11.8 Å². The van der Waals surface area contributed by atoms with Gasteiger partial charge in [-0.2, -0.15) is 0 Å². The largest absolute Gasteiger partial charge is 0.466 e. The summed E-state index contributed by atoms with van der Waals surface area (Å²) < 4.78 is 5.08. The van der Waals surface area contributed by atoms with Crippen LogP contribution in [0.25, 0.3) is 0 Å². The number of carbonyl (C=O) groups excluding carboxylic acids is 1. The van der Waals surface area contributed by atoms with E-state index in [1.807, 2.05) is 13.8 Å². The van der Waals surface area contributed by atoms with Crippen molar-refractivity contribution in [1.82, 2.24) is 4.90 Å². The Kier molecular flexibility index (Phi) is 6.24. The van der Waals surface area contributed by atoms with Crippen LogP contribution in [-0.2, 0) is 16.0 Å². The highest BCUT2D eigenvalue weighted by atomic mass is 16.5. The fourth-order valence-electron chi connectivity index (χ4n) is 3.07. The Balaban J connectivity index is 1.72. The summed E-state index contributed by atoms with van der Waals surface area (Å²) >= 11 is 0. The topological polar surface area (TPSA) is 29.5 Å². The van der Waals surface area contributed by atoms with Gasteiger partial charge in [0.15, 0.2) is 0 Å². The van der Waals surface area contributed by atoms with Crippen molar-refractivity contribution in [2.45, 2.75) is 33.1 Å². The number of nitrogens with zero attached hydrogens (tertiary/aromatic N) is 1. The summed E-state index contributed by atoms with van der Waals surface area (Å²) in [5.41, 5.74) is 1.44. The quantitative estimate of drug-likeness (QED) is 0.754. The van der Waals surface area contributed by atoms with Gasteiger partial charge in [-0.1, -0.05) is 37.3 Å². The summed E-state index contributed by atoms with van der Waals surface area (Å²) in [6, 6.07) is 10.7. The first kappa shape index (κ1) is 16.0. The maximum absolute atomic E-state index is 11.7.